The molecule has 1 aliphatic rings. The second kappa shape index (κ2) is 11.3. The summed E-state index contributed by atoms with van der Waals surface area (Å²) in [4.78, 5) is 36.7. The number of hydrogen-bond acceptors (Lipinski definition) is 8. The fraction of sp³-hybridized carbons (Fsp3) is 0.200. The predicted molar refractivity (Wildman–Crippen MR) is 132 cm³/mol. The molecule has 3 aromatic carbocycles. The molecule has 12 heteroatoms. The van der Waals surface area contributed by atoms with Gasteiger partial charge in [0.25, 0.3) is 11.6 Å². The Kier molecular flexibility index (Phi) is 7.92. The fourth-order valence-electron chi connectivity index (χ4n) is 3.75. The van der Waals surface area contributed by atoms with Crippen LogP contribution in [0.5, 0.6) is 0 Å². The van der Waals surface area contributed by atoms with Gasteiger partial charge in [0, 0.05) is 30.4 Å². The highest BCUT2D eigenvalue weighted by molar-refractivity contribution is 7.89. The zero-order valence-electron chi connectivity index (χ0n) is 19.5. The maximum absolute atomic E-state index is 13.3. The molecule has 0 radical (unpaired) electrons. The lowest BCUT2D eigenvalue weighted by molar-refractivity contribution is -0.385. The largest absolute Gasteiger partial charge is 0.443 e. The summed E-state index contributed by atoms with van der Waals surface area (Å²) in [7, 11) is -3.81. The quantitative estimate of drug-likeness (QED) is 0.268. The van der Waals surface area contributed by atoms with Crippen molar-refractivity contribution in [1.82, 2.24) is 4.31 Å². The lowest BCUT2D eigenvalue weighted by Gasteiger charge is -2.26. The average molecular weight is 526 g/mol. The molecule has 3 aromatic rings. The third-order valence-corrected chi connectivity index (χ3v) is 7.49. The van der Waals surface area contributed by atoms with Crippen LogP contribution in [0.1, 0.15) is 22.0 Å². The van der Waals surface area contributed by atoms with Gasteiger partial charge in [-0.2, -0.15) is 4.31 Å². The molecule has 4 rings (SSSR count). The standard InChI is InChI=1S/C25H23N3O8S/c29-24(26-19-9-6-10-20(17-19)37(33,34)27-13-15-35-16-14-27)23(18-7-2-1-3-8-18)36-25(30)21-11-4-5-12-22(21)28(31)32/h1-12,17,23H,13-16H2,(H,26,29)/t23-/m0/s1. The first kappa shape index (κ1) is 25.9. The van der Waals surface area contributed by atoms with Gasteiger partial charge in [-0.1, -0.05) is 48.5 Å². The maximum atomic E-state index is 13.3. The number of morpholine rings is 1. The Hall–Kier alpha value is -4.13. The highest BCUT2D eigenvalue weighted by Crippen LogP contribution is 2.26. The molecule has 1 atom stereocenters. The molecule has 1 saturated heterocycles. The number of carbonyl (C=O) groups is 2. The molecule has 1 N–H and O–H groups in total. The number of ether oxygens (including phenoxy) is 2. The van der Waals surface area contributed by atoms with Crippen molar-refractivity contribution in [2.24, 2.45) is 0 Å². The van der Waals surface area contributed by atoms with Gasteiger partial charge < -0.3 is 14.8 Å². The number of sulfonamides is 1. The van der Waals surface area contributed by atoms with E-state index in [1.807, 2.05) is 0 Å². The summed E-state index contributed by atoms with van der Waals surface area (Å²) >= 11 is 0. The molecule has 37 heavy (non-hydrogen) atoms. The van der Waals surface area contributed by atoms with Crippen LogP contribution in [0.2, 0.25) is 0 Å². The van der Waals surface area contributed by atoms with Gasteiger partial charge in [-0.25, -0.2) is 13.2 Å². The van der Waals surface area contributed by atoms with Gasteiger partial charge in [-0.3, -0.25) is 14.9 Å². The molecule has 1 aliphatic heterocycles. The van der Waals surface area contributed by atoms with Crippen LogP contribution in [0.15, 0.2) is 83.8 Å². The highest BCUT2D eigenvalue weighted by atomic mass is 32.2. The Labute approximate surface area is 212 Å². The zero-order valence-corrected chi connectivity index (χ0v) is 20.3. The number of para-hydroxylation sites is 1. The summed E-state index contributed by atoms with van der Waals surface area (Å²) in [6.45, 7) is 1.02. The monoisotopic (exact) mass is 525 g/mol. The number of esters is 1. The van der Waals surface area contributed by atoms with Crippen LogP contribution in [0.3, 0.4) is 0 Å². The van der Waals surface area contributed by atoms with Gasteiger partial charge in [-0.15, -0.1) is 0 Å². The molecule has 0 aliphatic carbocycles. The number of nitrogens with one attached hydrogen (secondary N) is 1. The minimum Gasteiger partial charge on any atom is -0.443 e. The number of hydrogen-bond donors (Lipinski definition) is 1. The lowest BCUT2D eigenvalue weighted by Crippen LogP contribution is -2.40. The van der Waals surface area contributed by atoms with E-state index in [2.05, 4.69) is 5.32 Å². The van der Waals surface area contributed by atoms with E-state index in [-0.39, 0.29) is 29.2 Å². The summed E-state index contributed by atoms with van der Waals surface area (Å²) in [5, 5.41) is 13.9. The molecule has 11 nitrogen and oxygen atoms in total. The van der Waals surface area contributed by atoms with Gasteiger partial charge in [0.2, 0.25) is 16.1 Å². The maximum Gasteiger partial charge on any atom is 0.346 e. The topological polar surface area (TPSA) is 145 Å². The summed E-state index contributed by atoms with van der Waals surface area (Å²) < 4.78 is 38.0. The Morgan fingerprint density at radius 3 is 2.35 bits per heavy atom. The molecule has 1 fully saturated rings. The number of rotatable bonds is 8. The van der Waals surface area contributed by atoms with Crippen LogP contribution < -0.4 is 5.32 Å². The van der Waals surface area contributed by atoms with Crippen molar-refractivity contribution in [2.75, 3.05) is 31.6 Å². The van der Waals surface area contributed by atoms with Gasteiger partial charge >= 0.3 is 5.97 Å². The molecule has 0 aromatic heterocycles. The molecule has 0 unspecified atom stereocenters. The van der Waals surface area contributed by atoms with Crippen molar-refractivity contribution in [1.29, 1.82) is 0 Å². The Balaban J connectivity index is 1.59. The van der Waals surface area contributed by atoms with Gasteiger partial charge in [0.15, 0.2) is 0 Å². The predicted octanol–water partition coefficient (Wildman–Crippen LogP) is 3.15. The van der Waals surface area contributed by atoms with Crippen molar-refractivity contribution >= 4 is 33.3 Å². The lowest BCUT2D eigenvalue weighted by atomic mass is 10.1. The Bertz CT molecular complexity index is 1410. The summed E-state index contributed by atoms with van der Waals surface area (Å²) in [6.07, 6.45) is -1.46. The second-order valence-corrected chi connectivity index (χ2v) is 9.94. The van der Waals surface area contributed by atoms with Crippen molar-refractivity contribution in [3.63, 3.8) is 0 Å². The van der Waals surface area contributed by atoms with Crippen LogP contribution in [-0.4, -0.2) is 55.8 Å². The van der Waals surface area contributed by atoms with Gasteiger partial charge in [-0.05, 0) is 24.3 Å². The van der Waals surface area contributed by atoms with Crippen LogP contribution >= 0.6 is 0 Å². The molecule has 0 bridgehead atoms. The third kappa shape index (κ3) is 6.00. The van der Waals surface area contributed by atoms with Crippen LogP contribution in [0, 0.1) is 10.1 Å². The Morgan fingerprint density at radius 1 is 0.973 bits per heavy atom. The normalized spacial score (nSPS) is 14.9. The van der Waals surface area contributed by atoms with E-state index in [1.54, 1.807) is 30.3 Å². The van der Waals surface area contributed by atoms with Gasteiger partial charge in [0.1, 0.15) is 5.56 Å². The van der Waals surface area contributed by atoms with Crippen LogP contribution in [0.25, 0.3) is 0 Å². The number of nitro groups is 1. The van der Waals surface area contributed by atoms with Crippen LogP contribution in [0.4, 0.5) is 11.4 Å². The highest BCUT2D eigenvalue weighted by Gasteiger charge is 2.30. The van der Waals surface area contributed by atoms with Crippen molar-refractivity contribution in [2.45, 2.75) is 11.0 Å². The first-order valence-electron chi connectivity index (χ1n) is 11.3. The first-order valence-corrected chi connectivity index (χ1v) is 12.7. The molecular formula is C25H23N3O8S. The molecular weight excluding hydrogens is 502 g/mol. The minimum absolute atomic E-state index is 0.0135. The van der Waals surface area contributed by atoms with E-state index in [9.17, 15) is 28.1 Å². The molecule has 0 spiro atoms. The number of nitro benzene ring substituents is 1. The van der Waals surface area contributed by atoms with E-state index in [1.165, 1.54) is 46.8 Å². The molecule has 0 saturated carbocycles. The first-order chi connectivity index (χ1) is 17.8. The number of carbonyl (C=O) groups excluding carboxylic acids is 2. The molecule has 1 heterocycles. The molecule has 192 valence electrons. The van der Waals surface area contributed by atoms with Gasteiger partial charge in [0.05, 0.1) is 23.0 Å². The number of amides is 1. The second-order valence-electron chi connectivity index (χ2n) is 8.00. The number of anilines is 1. The van der Waals surface area contributed by atoms with Crippen molar-refractivity contribution < 1.29 is 32.4 Å². The minimum atomic E-state index is -3.81. The smallest absolute Gasteiger partial charge is 0.346 e. The summed E-state index contributed by atoms with van der Waals surface area (Å²) in [6, 6.07) is 19.1. The zero-order chi connectivity index (χ0) is 26.4. The van der Waals surface area contributed by atoms with E-state index >= 15 is 0 Å². The summed E-state index contributed by atoms with van der Waals surface area (Å²) in [5.41, 5.74) is -0.272. The van der Waals surface area contributed by atoms with Crippen molar-refractivity contribution in [3.8, 4) is 0 Å². The van der Waals surface area contributed by atoms with E-state index < -0.39 is 38.6 Å². The number of nitrogens with zero attached hydrogens (tertiary/aromatic N) is 2. The molecule has 1 amide bonds. The third-order valence-electron chi connectivity index (χ3n) is 5.60. The van der Waals surface area contributed by atoms with Crippen molar-refractivity contribution in [3.05, 3.63) is 100 Å². The Morgan fingerprint density at radius 2 is 1.65 bits per heavy atom. The van der Waals surface area contributed by atoms with E-state index in [4.69, 9.17) is 9.47 Å². The SMILES string of the molecule is O=C(O[C@H](C(=O)Nc1cccc(S(=O)(=O)N2CCOCC2)c1)c1ccccc1)c1ccccc1[N+](=O)[O-]. The summed E-state index contributed by atoms with van der Waals surface area (Å²) in [5.74, 6) is -1.82. The van der Waals surface area contributed by atoms with E-state index in [0.29, 0.717) is 18.8 Å². The van der Waals surface area contributed by atoms with E-state index in [0.717, 1.165) is 6.07 Å². The van der Waals surface area contributed by atoms with Crippen LogP contribution in [-0.2, 0) is 24.3 Å². The number of benzene rings is 3. The average Bonchev–Trinajstić information content (AvgIpc) is 2.92. The fourth-order valence-corrected chi connectivity index (χ4v) is 5.21.